The summed E-state index contributed by atoms with van der Waals surface area (Å²) in [6.07, 6.45) is 3.22. The molecule has 2 aromatic carbocycles. The predicted molar refractivity (Wildman–Crippen MR) is 118 cm³/mol. The van der Waals surface area contributed by atoms with E-state index in [0.717, 1.165) is 28.4 Å². The Balaban J connectivity index is 1.52. The van der Waals surface area contributed by atoms with Gasteiger partial charge in [-0.2, -0.15) is 0 Å². The Bertz CT molecular complexity index is 1170. The molecule has 158 valence electrons. The van der Waals surface area contributed by atoms with Gasteiger partial charge in [0.05, 0.1) is 36.8 Å². The van der Waals surface area contributed by atoms with Crippen molar-refractivity contribution in [3.63, 3.8) is 0 Å². The standard InChI is InChI=1S/C24H24N4O3/c1-27(24(29)18-7-6-12-25-16-18)17-23-26-21-10-3-4-11-22(21)28(23)13-14-31-20-9-5-8-19(15-20)30-2/h3-12,15-16H,13-14,17H2,1-2H3. The van der Waals surface area contributed by atoms with Crippen LogP contribution in [-0.4, -0.2) is 46.1 Å². The van der Waals surface area contributed by atoms with Crippen LogP contribution in [0.2, 0.25) is 0 Å². The second kappa shape index (κ2) is 9.30. The first-order valence-electron chi connectivity index (χ1n) is 10.0. The molecule has 0 unspecified atom stereocenters. The Morgan fingerprint density at radius 2 is 1.90 bits per heavy atom. The van der Waals surface area contributed by atoms with Crippen molar-refractivity contribution >= 4 is 16.9 Å². The van der Waals surface area contributed by atoms with Crippen molar-refractivity contribution in [1.82, 2.24) is 19.4 Å². The van der Waals surface area contributed by atoms with Gasteiger partial charge in [0.2, 0.25) is 0 Å². The Kier molecular flexibility index (Phi) is 6.12. The van der Waals surface area contributed by atoms with Crippen LogP contribution in [0.15, 0.2) is 73.1 Å². The molecule has 0 aliphatic rings. The molecule has 0 bridgehead atoms. The number of para-hydroxylation sites is 2. The molecule has 2 heterocycles. The molecule has 0 fully saturated rings. The summed E-state index contributed by atoms with van der Waals surface area (Å²) in [6.45, 7) is 1.43. The molecule has 0 spiro atoms. The van der Waals surface area contributed by atoms with Gasteiger partial charge in [0, 0.05) is 25.5 Å². The number of hydrogen-bond acceptors (Lipinski definition) is 5. The lowest BCUT2D eigenvalue weighted by Crippen LogP contribution is -2.28. The minimum Gasteiger partial charge on any atom is -0.497 e. The van der Waals surface area contributed by atoms with Crippen molar-refractivity contribution in [3.05, 3.63) is 84.4 Å². The molecule has 0 saturated carbocycles. The summed E-state index contributed by atoms with van der Waals surface area (Å²) in [6, 6.07) is 19.0. The highest BCUT2D eigenvalue weighted by Gasteiger charge is 2.17. The van der Waals surface area contributed by atoms with Crippen LogP contribution in [0.25, 0.3) is 11.0 Å². The normalized spacial score (nSPS) is 10.8. The molecule has 0 aliphatic heterocycles. The maximum absolute atomic E-state index is 12.7. The molecule has 0 atom stereocenters. The number of carbonyl (C=O) groups is 1. The largest absolute Gasteiger partial charge is 0.497 e. The van der Waals surface area contributed by atoms with Gasteiger partial charge in [0.25, 0.3) is 5.91 Å². The van der Waals surface area contributed by atoms with Gasteiger partial charge >= 0.3 is 0 Å². The van der Waals surface area contributed by atoms with Gasteiger partial charge in [0.15, 0.2) is 0 Å². The number of ether oxygens (including phenoxy) is 2. The van der Waals surface area contributed by atoms with E-state index in [1.165, 1.54) is 0 Å². The fourth-order valence-corrected chi connectivity index (χ4v) is 3.43. The SMILES string of the molecule is COc1cccc(OCCn2c(CN(C)C(=O)c3cccnc3)nc3ccccc32)c1. The second-order valence-electron chi connectivity index (χ2n) is 7.10. The van der Waals surface area contributed by atoms with E-state index in [1.54, 1.807) is 43.6 Å². The maximum atomic E-state index is 12.7. The Morgan fingerprint density at radius 1 is 1.06 bits per heavy atom. The molecule has 0 radical (unpaired) electrons. The van der Waals surface area contributed by atoms with Crippen LogP contribution in [0.1, 0.15) is 16.2 Å². The third-order valence-electron chi connectivity index (χ3n) is 4.99. The van der Waals surface area contributed by atoms with E-state index in [0.29, 0.717) is 25.3 Å². The molecule has 0 aliphatic carbocycles. The minimum absolute atomic E-state index is 0.0978. The number of carbonyl (C=O) groups excluding carboxylic acids is 1. The third-order valence-corrected chi connectivity index (χ3v) is 4.99. The zero-order valence-electron chi connectivity index (χ0n) is 17.6. The fraction of sp³-hybridized carbons (Fsp3) is 0.208. The number of pyridine rings is 1. The van der Waals surface area contributed by atoms with E-state index >= 15 is 0 Å². The molecular formula is C24H24N4O3. The molecule has 0 saturated heterocycles. The molecule has 7 nitrogen and oxygen atoms in total. The lowest BCUT2D eigenvalue weighted by molar-refractivity contribution is 0.0779. The van der Waals surface area contributed by atoms with Crippen molar-refractivity contribution in [2.45, 2.75) is 13.1 Å². The summed E-state index contributed by atoms with van der Waals surface area (Å²) < 4.78 is 13.3. The highest BCUT2D eigenvalue weighted by molar-refractivity contribution is 5.93. The van der Waals surface area contributed by atoms with Crippen LogP contribution in [-0.2, 0) is 13.1 Å². The van der Waals surface area contributed by atoms with Crippen molar-refractivity contribution < 1.29 is 14.3 Å². The monoisotopic (exact) mass is 416 g/mol. The first-order valence-corrected chi connectivity index (χ1v) is 10.0. The molecular weight excluding hydrogens is 392 g/mol. The van der Waals surface area contributed by atoms with Crippen LogP contribution in [0.3, 0.4) is 0 Å². The van der Waals surface area contributed by atoms with Crippen LogP contribution < -0.4 is 9.47 Å². The highest BCUT2D eigenvalue weighted by atomic mass is 16.5. The number of hydrogen-bond donors (Lipinski definition) is 0. The first-order chi connectivity index (χ1) is 15.2. The summed E-state index contributed by atoms with van der Waals surface area (Å²) in [5.41, 5.74) is 2.45. The first kappa shape index (κ1) is 20.4. The Hall–Kier alpha value is -3.87. The average Bonchev–Trinajstić information content (AvgIpc) is 3.16. The maximum Gasteiger partial charge on any atom is 0.255 e. The number of benzene rings is 2. The summed E-state index contributed by atoms with van der Waals surface area (Å²) in [7, 11) is 3.40. The van der Waals surface area contributed by atoms with E-state index < -0.39 is 0 Å². The third kappa shape index (κ3) is 4.66. The smallest absolute Gasteiger partial charge is 0.255 e. The summed E-state index contributed by atoms with van der Waals surface area (Å²) in [5.74, 6) is 2.20. The molecule has 4 rings (SSSR count). The van der Waals surface area contributed by atoms with Gasteiger partial charge in [-0.15, -0.1) is 0 Å². The minimum atomic E-state index is -0.0978. The average molecular weight is 416 g/mol. The van der Waals surface area contributed by atoms with Crippen molar-refractivity contribution in [1.29, 1.82) is 0 Å². The van der Waals surface area contributed by atoms with Crippen molar-refractivity contribution in [3.8, 4) is 11.5 Å². The molecule has 7 heteroatoms. The lowest BCUT2D eigenvalue weighted by Gasteiger charge is -2.18. The van der Waals surface area contributed by atoms with Crippen molar-refractivity contribution in [2.24, 2.45) is 0 Å². The Labute approximate surface area is 180 Å². The number of aromatic nitrogens is 3. The molecule has 4 aromatic rings. The van der Waals surface area contributed by atoms with Crippen LogP contribution in [0, 0.1) is 0 Å². The van der Waals surface area contributed by atoms with Gasteiger partial charge in [-0.1, -0.05) is 18.2 Å². The van der Waals surface area contributed by atoms with E-state index in [9.17, 15) is 4.79 Å². The zero-order chi connectivity index (χ0) is 21.6. The van der Waals surface area contributed by atoms with E-state index in [1.807, 2.05) is 48.5 Å². The number of imidazole rings is 1. The topological polar surface area (TPSA) is 69.5 Å². The van der Waals surface area contributed by atoms with Gasteiger partial charge < -0.3 is 18.9 Å². The van der Waals surface area contributed by atoms with Crippen LogP contribution in [0.5, 0.6) is 11.5 Å². The fourth-order valence-electron chi connectivity index (χ4n) is 3.43. The zero-order valence-corrected chi connectivity index (χ0v) is 17.6. The number of rotatable bonds is 8. The quantitative estimate of drug-likeness (QED) is 0.437. The van der Waals surface area contributed by atoms with Gasteiger partial charge in [-0.05, 0) is 36.4 Å². The van der Waals surface area contributed by atoms with Gasteiger partial charge in [-0.3, -0.25) is 9.78 Å². The van der Waals surface area contributed by atoms with E-state index in [-0.39, 0.29) is 5.91 Å². The van der Waals surface area contributed by atoms with E-state index in [4.69, 9.17) is 14.5 Å². The van der Waals surface area contributed by atoms with Crippen molar-refractivity contribution in [2.75, 3.05) is 20.8 Å². The van der Waals surface area contributed by atoms with E-state index in [2.05, 4.69) is 9.55 Å². The number of amides is 1. The number of fused-ring (bicyclic) bond motifs is 1. The Morgan fingerprint density at radius 3 is 2.71 bits per heavy atom. The summed E-state index contributed by atoms with van der Waals surface area (Å²) in [5, 5.41) is 0. The molecule has 1 amide bonds. The number of methoxy groups -OCH3 is 1. The second-order valence-corrected chi connectivity index (χ2v) is 7.10. The number of nitrogens with zero attached hydrogens (tertiary/aromatic N) is 4. The summed E-state index contributed by atoms with van der Waals surface area (Å²) in [4.78, 5) is 23.2. The molecule has 31 heavy (non-hydrogen) atoms. The lowest BCUT2D eigenvalue weighted by atomic mass is 10.2. The van der Waals surface area contributed by atoms with Crippen LogP contribution >= 0.6 is 0 Å². The van der Waals surface area contributed by atoms with Crippen LogP contribution in [0.4, 0.5) is 0 Å². The summed E-state index contributed by atoms with van der Waals surface area (Å²) >= 11 is 0. The molecule has 2 aromatic heterocycles. The molecule has 0 N–H and O–H groups in total. The highest BCUT2D eigenvalue weighted by Crippen LogP contribution is 2.20. The van der Waals surface area contributed by atoms with Gasteiger partial charge in [0.1, 0.15) is 23.9 Å². The van der Waals surface area contributed by atoms with Gasteiger partial charge in [-0.25, -0.2) is 4.98 Å². The predicted octanol–water partition coefficient (Wildman–Crippen LogP) is 3.79.